The Labute approximate surface area is 175 Å². The fourth-order valence-electron chi connectivity index (χ4n) is 2.60. The zero-order chi connectivity index (χ0) is 20.3. The molecule has 1 fully saturated rings. The molecular formula is C20H14BrClN2O4. The third-order valence-corrected chi connectivity index (χ3v) is 4.67. The number of methoxy groups -OCH3 is 1. The smallest absolute Gasteiger partial charge is 0.333 e. The van der Waals surface area contributed by atoms with Gasteiger partial charge >= 0.3 is 6.03 Å². The van der Waals surface area contributed by atoms with Gasteiger partial charge in [-0.2, -0.15) is 0 Å². The number of amides is 3. The normalized spacial score (nSPS) is 14.8. The fourth-order valence-corrected chi connectivity index (χ4v) is 3.30. The second-order valence-corrected chi connectivity index (χ2v) is 6.92. The van der Waals surface area contributed by atoms with Crippen LogP contribution in [0.4, 0.5) is 10.5 Å². The van der Waals surface area contributed by atoms with Crippen LogP contribution in [0.3, 0.4) is 0 Å². The summed E-state index contributed by atoms with van der Waals surface area (Å²) in [4.78, 5) is 26.0. The number of terminal acetylenes is 1. The maximum atomic E-state index is 12.7. The van der Waals surface area contributed by atoms with Gasteiger partial charge in [0.05, 0.1) is 17.3 Å². The quantitative estimate of drug-likeness (QED) is 0.411. The van der Waals surface area contributed by atoms with Gasteiger partial charge in [0, 0.05) is 5.02 Å². The molecule has 6 nitrogen and oxygen atoms in total. The van der Waals surface area contributed by atoms with Crippen molar-refractivity contribution in [2.75, 3.05) is 18.6 Å². The van der Waals surface area contributed by atoms with Crippen molar-refractivity contribution in [3.63, 3.8) is 0 Å². The first kappa shape index (κ1) is 19.8. The average molecular weight is 462 g/mol. The van der Waals surface area contributed by atoms with Gasteiger partial charge in [-0.3, -0.25) is 4.79 Å². The van der Waals surface area contributed by atoms with Crippen LogP contribution in [-0.2, 0) is 4.79 Å². The van der Waals surface area contributed by atoms with Gasteiger partial charge in [-0.1, -0.05) is 17.5 Å². The van der Waals surface area contributed by atoms with Gasteiger partial charge in [0.15, 0.2) is 11.5 Å². The molecule has 0 saturated carbocycles. The lowest BCUT2D eigenvalue weighted by molar-refractivity contribution is -0.113. The number of carbonyl (C=O) groups excluding carboxylic acids is 2. The van der Waals surface area contributed by atoms with Gasteiger partial charge < -0.3 is 14.8 Å². The monoisotopic (exact) mass is 460 g/mol. The highest BCUT2D eigenvalue weighted by Gasteiger charge is 2.34. The van der Waals surface area contributed by atoms with E-state index < -0.39 is 11.9 Å². The SMILES string of the molecule is C#CCOc1c(Br)cc(/C=C2/NC(=O)N(c3ccc(Cl)cc3)C2=O)cc1OC. The maximum Gasteiger partial charge on any atom is 0.333 e. The van der Waals surface area contributed by atoms with E-state index in [1.165, 1.54) is 7.11 Å². The lowest BCUT2D eigenvalue weighted by atomic mass is 10.1. The Morgan fingerprint density at radius 2 is 2.00 bits per heavy atom. The molecule has 0 aliphatic carbocycles. The predicted molar refractivity (Wildman–Crippen MR) is 110 cm³/mol. The predicted octanol–water partition coefficient (Wildman–Crippen LogP) is 4.22. The molecule has 8 heteroatoms. The molecule has 1 N–H and O–H groups in total. The van der Waals surface area contributed by atoms with Crippen molar-refractivity contribution in [3.05, 3.63) is 57.2 Å². The summed E-state index contributed by atoms with van der Waals surface area (Å²) >= 11 is 9.26. The average Bonchev–Trinajstić information content (AvgIpc) is 2.94. The van der Waals surface area contributed by atoms with E-state index in [1.807, 2.05) is 0 Å². The summed E-state index contributed by atoms with van der Waals surface area (Å²) < 4.78 is 11.4. The van der Waals surface area contributed by atoms with Gasteiger partial charge in [0.2, 0.25) is 0 Å². The summed E-state index contributed by atoms with van der Waals surface area (Å²) in [6, 6.07) is 9.27. The molecule has 2 aromatic carbocycles. The summed E-state index contributed by atoms with van der Waals surface area (Å²) in [6.07, 6.45) is 6.77. The van der Waals surface area contributed by atoms with Crippen LogP contribution in [0.2, 0.25) is 5.02 Å². The third-order valence-electron chi connectivity index (χ3n) is 3.83. The number of carbonyl (C=O) groups is 2. The summed E-state index contributed by atoms with van der Waals surface area (Å²) in [7, 11) is 1.49. The summed E-state index contributed by atoms with van der Waals surface area (Å²) in [5.41, 5.74) is 1.18. The number of nitrogens with zero attached hydrogens (tertiary/aromatic N) is 1. The van der Waals surface area contributed by atoms with Gasteiger partial charge in [0.1, 0.15) is 12.3 Å². The summed E-state index contributed by atoms with van der Waals surface area (Å²) in [5, 5.41) is 3.08. The van der Waals surface area contributed by atoms with Crippen LogP contribution in [-0.4, -0.2) is 25.7 Å². The standard InChI is InChI=1S/C20H14BrClN2O4/c1-3-8-28-18-15(21)9-12(11-17(18)27-2)10-16-19(25)24(20(26)23-16)14-6-4-13(22)5-7-14/h1,4-7,9-11H,8H2,2H3,(H,23,26)/b16-10+. The molecule has 3 rings (SSSR count). The number of hydrogen-bond donors (Lipinski definition) is 1. The van der Waals surface area contributed by atoms with Gasteiger partial charge in [0.25, 0.3) is 5.91 Å². The topological polar surface area (TPSA) is 67.9 Å². The minimum atomic E-state index is -0.543. The Morgan fingerprint density at radius 3 is 2.64 bits per heavy atom. The zero-order valence-corrected chi connectivity index (χ0v) is 17.0. The van der Waals surface area contributed by atoms with Crippen molar-refractivity contribution >= 4 is 51.2 Å². The second-order valence-electron chi connectivity index (χ2n) is 5.63. The molecule has 0 atom stereocenters. The Kier molecular flexibility index (Phi) is 5.93. The molecule has 1 aliphatic rings. The first-order chi connectivity index (χ1) is 13.4. The highest BCUT2D eigenvalue weighted by Crippen LogP contribution is 2.37. The van der Waals surface area contributed by atoms with E-state index >= 15 is 0 Å². The van der Waals surface area contributed by atoms with E-state index in [9.17, 15) is 9.59 Å². The minimum absolute atomic E-state index is 0.0833. The number of hydrogen-bond acceptors (Lipinski definition) is 4. The number of urea groups is 1. The minimum Gasteiger partial charge on any atom is -0.493 e. The van der Waals surface area contributed by atoms with Crippen LogP contribution < -0.4 is 19.7 Å². The van der Waals surface area contributed by atoms with Crippen molar-refractivity contribution in [1.82, 2.24) is 5.32 Å². The third kappa shape index (κ3) is 3.98. The Bertz CT molecular complexity index is 1010. The number of imide groups is 1. The summed E-state index contributed by atoms with van der Waals surface area (Å²) in [6.45, 7) is 0.0833. The van der Waals surface area contributed by atoms with Crippen LogP contribution in [0, 0.1) is 12.3 Å². The number of halogens is 2. The fraction of sp³-hybridized carbons (Fsp3) is 0.100. The first-order valence-electron chi connectivity index (χ1n) is 8.01. The molecule has 2 aromatic rings. The molecule has 1 heterocycles. The Hall–Kier alpha value is -2.95. The van der Waals surface area contributed by atoms with Crippen LogP contribution in [0.15, 0.2) is 46.6 Å². The van der Waals surface area contributed by atoms with Crippen molar-refractivity contribution in [2.24, 2.45) is 0 Å². The molecular weight excluding hydrogens is 448 g/mol. The van der Waals surface area contributed by atoms with Crippen molar-refractivity contribution in [3.8, 4) is 23.8 Å². The number of benzene rings is 2. The lowest BCUT2D eigenvalue weighted by Crippen LogP contribution is -2.30. The Balaban J connectivity index is 1.92. The molecule has 0 bridgehead atoms. The Morgan fingerprint density at radius 1 is 1.29 bits per heavy atom. The number of nitrogens with one attached hydrogen (secondary N) is 1. The largest absolute Gasteiger partial charge is 0.493 e. The molecule has 0 spiro atoms. The second kappa shape index (κ2) is 8.38. The van der Waals surface area contributed by atoms with E-state index in [-0.39, 0.29) is 12.3 Å². The lowest BCUT2D eigenvalue weighted by Gasteiger charge is -2.12. The van der Waals surface area contributed by atoms with Crippen molar-refractivity contribution in [1.29, 1.82) is 0 Å². The molecule has 142 valence electrons. The highest BCUT2D eigenvalue weighted by molar-refractivity contribution is 9.10. The van der Waals surface area contributed by atoms with E-state index in [1.54, 1.807) is 42.5 Å². The van der Waals surface area contributed by atoms with Crippen LogP contribution in [0.1, 0.15) is 5.56 Å². The molecule has 1 saturated heterocycles. The molecule has 0 radical (unpaired) electrons. The van der Waals surface area contributed by atoms with Crippen molar-refractivity contribution in [2.45, 2.75) is 0 Å². The van der Waals surface area contributed by atoms with E-state index in [4.69, 9.17) is 27.5 Å². The maximum absolute atomic E-state index is 12.7. The summed E-state index contributed by atoms with van der Waals surface area (Å²) in [5.74, 6) is 2.79. The van der Waals surface area contributed by atoms with Crippen LogP contribution >= 0.6 is 27.5 Å². The molecule has 3 amide bonds. The van der Waals surface area contributed by atoms with E-state index in [0.717, 1.165) is 4.90 Å². The van der Waals surface area contributed by atoms with Gasteiger partial charge in [-0.15, -0.1) is 6.42 Å². The van der Waals surface area contributed by atoms with E-state index in [0.29, 0.717) is 32.2 Å². The van der Waals surface area contributed by atoms with Gasteiger partial charge in [-0.05, 0) is 64.0 Å². The molecule has 1 aliphatic heterocycles. The number of anilines is 1. The van der Waals surface area contributed by atoms with Crippen LogP contribution in [0.25, 0.3) is 6.08 Å². The highest BCUT2D eigenvalue weighted by atomic mass is 79.9. The zero-order valence-electron chi connectivity index (χ0n) is 14.7. The molecule has 0 unspecified atom stereocenters. The van der Waals surface area contributed by atoms with Crippen LogP contribution in [0.5, 0.6) is 11.5 Å². The van der Waals surface area contributed by atoms with Crippen molar-refractivity contribution < 1.29 is 19.1 Å². The number of ether oxygens (including phenoxy) is 2. The van der Waals surface area contributed by atoms with Gasteiger partial charge in [-0.25, -0.2) is 9.69 Å². The first-order valence-corrected chi connectivity index (χ1v) is 9.18. The number of rotatable bonds is 5. The van der Waals surface area contributed by atoms with E-state index in [2.05, 4.69) is 27.2 Å². The molecule has 0 aromatic heterocycles. The molecule has 28 heavy (non-hydrogen) atoms.